The molecule has 1 atom stereocenters. The molecule has 0 bridgehead atoms. The second kappa shape index (κ2) is 7.17. The molecule has 2 amide bonds. The molecule has 2 heterocycles. The number of hydrogen-bond acceptors (Lipinski definition) is 5. The first-order valence-corrected chi connectivity index (χ1v) is 9.93. The van der Waals surface area contributed by atoms with Gasteiger partial charge in [-0.1, -0.05) is 30.3 Å². The predicted molar refractivity (Wildman–Crippen MR) is 102 cm³/mol. The molecule has 1 N–H and O–H groups in total. The number of carbonyl (C=O) groups excluding carboxylic acids is 2. The lowest BCUT2D eigenvalue weighted by Gasteiger charge is -2.34. The highest BCUT2D eigenvalue weighted by atomic mass is 32.2. The maximum absolute atomic E-state index is 12.6. The van der Waals surface area contributed by atoms with E-state index >= 15 is 0 Å². The molecule has 3 rings (SSSR count). The van der Waals surface area contributed by atoms with Gasteiger partial charge < -0.3 is 10.2 Å². The van der Waals surface area contributed by atoms with Crippen molar-refractivity contribution in [1.29, 1.82) is 0 Å². The Morgan fingerprint density at radius 2 is 2.08 bits per heavy atom. The molecule has 1 aromatic carbocycles. The molecule has 1 aliphatic rings. The SMILES string of the molecule is CN(Cc1csc(-c2ccccc2)n1)C(=O)[C@H]1CSC(C)(C)C(=O)N1. The van der Waals surface area contributed by atoms with Gasteiger partial charge >= 0.3 is 0 Å². The largest absolute Gasteiger partial charge is 0.342 e. The Labute approximate surface area is 155 Å². The van der Waals surface area contributed by atoms with E-state index in [1.54, 1.807) is 23.3 Å². The van der Waals surface area contributed by atoms with Crippen LogP contribution in [0, 0.1) is 0 Å². The van der Waals surface area contributed by atoms with Crippen molar-refractivity contribution in [2.45, 2.75) is 31.2 Å². The number of aromatic nitrogens is 1. The number of thiazole rings is 1. The summed E-state index contributed by atoms with van der Waals surface area (Å²) in [6, 6.07) is 9.51. The minimum Gasteiger partial charge on any atom is -0.342 e. The van der Waals surface area contributed by atoms with Crippen molar-refractivity contribution in [2.75, 3.05) is 12.8 Å². The van der Waals surface area contributed by atoms with Gasteiger partial charge in [0.15, 0.2) is 0 Å². The third-order valence-electron chi connectivity index (χ3n) is 4.11. The summed E-state index contributed by atoms with van der Waals surface area (Å²) in [6.07, 6.45) is 0. The number of amides is 2. The van der Waals surface area contributed by atoms with Crippen LogP contribution in [0.4, 0.5) is 0 Å². The first kappa shape index (κ1) is 17.9. The summed E-state index contributed by atoms with van der Waals surface area (Å²) >= 11 is 3.09. The summed E-state index contributed by atoms with van der Waals surface area (Å²) in [6.45, 7) is 4.18. The van der Waals surface area contributed by atoms with Crippen molar-refractivity contribution < 1.29 is 9.59 Å². The van der Waals surface area contributed by atoms with Crippen LogP contribution in [0.1, 0.15) is 19.5 Å². The molecular formula is C18H21N3O2S2. The Kier molecular flexibility index (Phi) is 5.15. The van der Waals surface area contributed by atoms with E-state index in [0.29, 0.717) is 12.3 Å². The van der Waals surface area contributed by atoms with Crippen molar-refractivity contribution in [3.63, 3.8) is 0 Å². The number of benzene rings is 1. The second-order valence-electron chi connectivity index (χ2n) is 6.55. The van der Waals surface area contributed by atoms with Gasteiger partial charge in [0.25, 0.3) is 0 Å². The summed E-state index contributed by atoms with van der Waals surface area (Å²) < 4.78 is -0.477. The number of nitrogens with one attached hydrogen (secondary N) is 1. The average molecular weight is 376 g/mol. The molecule has 0 radical (unpaired) electrons. The molecule has 132 valence electrons. The van der Waals surface area contributed by atoms with Crippen molar-refractivity contribution >= 4 is 34.9 Å². The number of nitrogens with zero attached hydrogens (tertiary/aromatic N) is 2. The van der Waals surface area contributed by atoms with Gasteiger partial charge in [0, 0.05) is 23.7 Å². The van der Waals surface area contributed by atoms with E-state index in [1.165, 1.54) is 11.8 Å². The lowest BCUT2D eigenvalue weighted by molar-refractivity contribution is -0.136. The molecular weight excluding hydrogens is 354 g/mol. The monoisotopic (exact) mass is 375 g/mol. The van der Waals surface area contributed by atoms with Crippen LogP contribution in [0.2, 0.25) is 0 Å². The molecule has 1 aromatic heterocycles. The van der Waals surface area contributed by atoms with E-state index in [0.717, 1.165) is 16.3 Å². The minimum atomic E-state index is -0.477. The Hall–Kier alpha value is -1.86. The van der Waals surface area contributed by atoms with Crippen molar-refractivity contribution in [2.24, 2.45) is 0 Å². The summed E-state index contributed by atoms with van der Waals surface area (Å²) in [5, 5.41) is 5.76. The van der Waals surface area contributed by atoms with Gasteiger partial charge in [-0.25, -0.2) is 4.98 Å². The zero-order valence-electron chi connectivity index (χ0n) is 14.5. The highest BCUT2D eigenvalue weighted by Crippen LogP contribution is 2.29. The molecule has 0 unspecified atom stereocenters. The highest BCUT2D eigenvalue weighted by molar-refractivity contribution is 8.01. The fourth-order valence-corrected chi connectivity index (χ4v) is 4.36. The Bertz CT molecular complexity index is 774. The van der Waals surface area contributed by atoms with Crippen LogP contribution < -0.4 is 5.32 Å². The van der Waals surface area contributed by atoms with Crippen molar-refractivity contribution in [3.8, 4) is 10.6 Å². The number of likely N-dealkylation sites (N-methyl/N-ethyl adjacent to an activating group) is 1. The number of rotatable bonds is 4. The molecule has 1 aliphatic heterocycles. The number of hydrogen-bond donors (Lipinski definition) is 1. The average Bonchev–Trinajstić information content (AvgIpc) is 3.06. The van der Waals surface area contributed by atoms with E-state index in [4.69, 9.17) is 0 Å². The van der Waals surface area contributed by atoms with Crippen LogP contribution in [0.15, 0.2) is 35.7 Å². The van der Waals surface area contributed by atoms with Crippen molar-refractivity contribution in [1.82, 2.24) is 15.2 Å². The van der Waals surface area contributed by atoms with Crippen LogP contribution in [-0.2, 0) is 16.1 Å². The quantitative estimate of drug-likeness (QED) is 0.893. The fraction of sp³-hybridized carbons (Fsp3) is 0.389. The van der Waals surface area contributed by atoms with Crippen molar-refractivity contribution in [3.05, 3.63) is 41.4 Å². The van der Waals surface area contributed by atoms with Gasteiger partial charge in [0.2, 0.25) is 11.8 Å². The Balaban J connectivity index is 1.63. The predicted octanol–water partition coefficient (Wildman–Crippen LogP) is 2.78. The summed E-state index contributed by atoms with van der Waals surface area (Å²) in [5.74, 6) is 0.426. The summed E-state index contributed by atoms with van der Waals surface area (Å²) in [5.41, 5.74) is 1.93. The van der Waals surface area contributed by atoms with Gasteiger partial charge in [0.1, 0.15) is 11.0 Å². The minimum absolute atomic E-state index is 0.0781. The highest BCUT2D eigenvalue weighted by Gasteiger charge is 2.38. The molecule has 5 nitrogen and oxygen atoms in total. The van der Waals surface area contributed by atoms with Gasteiger partial charge in [-0.2, -0.15) is 0 Å². The molecule has 25 heavy (non-hydrogen) atoms. The number of carbonyl (C=O) groups is 2. The molecule has 1 saturated heterocycles. The zero-order chi connectivity index (χ0) is 18.0. The van der Waals surface area contributed by atoms with Crippen LogP contribution in [0.3, 0.4) is 0 Å². The first-order valence-electron chi connectivity index (χ1n) is 8.06. The standard InChI is InChI=1S/C18H21N3O2S2/c1-18(2)17(23)20-14(11-25-18)16(22)21(3)9-13-10-24-15(19-13)12-7-5-4-6-8-12/h4-8,10,14H,9,11H2,1-3H3,(H,20,23)/t14-/m1/s1. The van der Waals surface area contributed by atoms with Crippen LogP contribution in [0.25, 0.3) is 10.6 Å². The Morgan fingerprint density at radius 1 is 1.36 bits per heavy atom. The first-order chi connectivity index (χ1) is 11.9. The summed E-state index contributed by atoms with van der Waals surface area (Å²) in [7, 11) is 1.75. The van der Waals surface area contributed by atoms with Crippen LogP contribution in [-0.4, -0.2) is 45.3 Å². The van der Waals surface area contributed by atoms with Gasteiger partial charge in [-0.15, -0.1) is 23.1 Å². The van der Waals surface area contributed by atoms with Gasteiger partial charge in [0.05, 0.1) is 17.0 Å². The van der Waals surface area contributed by atoms with E-state index in [-0.39, 0.29) is 11.8 Å². The van der Waals surface area contributed by atoms with E-state index < -0.39 is 10.8 Å². The smallest absolute Gasteiger partial charge is 0.246 e. The van der Waals surface area contributed by atoms with E-state index in [9.17, 15) is 9.59 Å². The maximum Gasteiger partial charge on any atom is 0.246 e. The zero-order valence-corrected chi connectivity index (χ0v) is 16.1. The van der Waals surface area contributed by atoms with E-state index in [1.807, 2.05) is 49.6 Å². The third kappa shape index (κ3) is 4.04. The van der Waals surface area contributed by atoms with Gasteiger partial charge in [-0.05, 0) is 13.8 Å². The lowest BCUT2D eigenvalue weighted by Crippen LogP contribution is -2.57. The third-order valence-corrected chi connectivity index (χ3v) is 6.46. The van der Waals surface area contributed by atoms with Gasteiger partial charge in [-0.3, -0.25) is 9.59 Å². The fourth-order valence-electron chi connectivity index (χ4n) is 2.54. The van der Waals surface area contributed by atoms with Crippen LogP contribution >= 0.6 is 23.1 Å². The number of thioether (sulfide) groups is 1. The molecule has 1 fully saturated rings. The molecule has 0 saturated carbocycles. The normalized spacial score (nSPS) is 19.3. The maximum atomic E-state index is 12.6. The second-order valence-corrected chi connectivity index (χ2v) is 9.05. The molecule has 0 spiro atoms. The molecule has 2 aromatic rings. The lowest BCUT2D eigenvalue weighted by atomic mass is 10.1. The summed E-state index contributed by atoms with van der Waals surface area (Å²) in [4.78, 5) is 30.9. The molecule has 7 heteroatoms. The topological polar surface area (TPSA) is 62.3 Å². The van der Waals surface area contributed by atoms with E-state index in [2.05, 4.69) is 10.3 Å². The Morgan fingerprint density at radius 3 is 2.76 bits per heavy atom. The van der Waals surface area contributed by atoms with Crippen LogP contribution in [0.5, 0.6) is 0 Å². The molecule has 0 aliphatic carbocycles.